The molecule has 1 N–H and O–H groups in total. The Morgan fingerprint density at radius 1 is 1.48 bits per heavy atom. The number of aryl methyl sites for hydroxylation is 1. The third-order valence-corrected chi connectivity index (χ3v) is 4.46. The SMILES string of the molecule is CCN1CCOC(CNCc2c(C(C)C)nn(C)c2Cl)C1. The van der Waals surface area contributed by atoms with Crippen LogP contribution in [0.25, 0.3) is 0 Å². The van der Waals surface area contributed by atoms with Gasteiger partial charge in [0.1, 0.15) is 5.15 Å². The number of nitrogens with one attached hydrogen (secondary N) is 1. The maximum Gasteiger partial charge on any atom is 0.131 e. The molecule has 21 heavy (non-hydrogen) atoms. The lowest BCUT2D eigenvalue weighted by atomic mass is 10.1. The third-order valence-electron chi connectivity index (χ3n) is 3.99. The van der Waals surface area contributed by atoms with E-state index in [-0.39, 0.29) is 6.10 Å². The van der Waals surface area contributed by atoms with Crippen LogP contribution in [0.2, 0.25) is 5.15 Å². The Balaban J connectivity index is 1.89. The molecule has 1 saturated heterocycles. The summed E-state index contributed by atoms with van der Waals surface area (Å²) in [6.45, 7) is 12.0. The lowest BCUT2D eigenvalue weighted by Crippen LogP contribution is -2.46. The fourth-order valence-electron chi connectivity index (χ4n) is 2.74. The predicted molar refractivity (Wildman–Crippen MR) is 85.9 cm³/mol. The third kappa shape index (κ3) is 4.19. The Kier molecular flexibility index (Phi) is 6.05. The maximum atomic E-state index is 6.35. The number of morpholine rings is 1. The monoisotopic (exact) mass is 314 g/mol. The van der Waals surface area contributed by atoms with Gasteiger partial charge in [0.15, 0.2) is 0 Å². The lowest BCUT2D eigenvalue weighted by Gasteiger charge is -2.32. The van der Waals surface area contributed by atoms with E-state index in [2.05, 4.69) is 36.1 Å². The van der Waals surface area contributed by atoms with Crippen LogP contribution in [0.5, 0.6) is 0 Å². The van der Waals surface area contributed by atoms with Crippen LogP contribution in [0.3, 0.4) is 0 Å². The number of nitrogens with zero attached hydrogens (tertiary/aromatic N) is 3. The first-order chi connectivity index (χ1) is 10.0. The number of hydrogen-bond acceptors (Lipinski definition) is 4. The predicted octanol–water partition coefficient (Wildman–Crippen LogP) is 2.01. The highest BCUT2D eigenvalue weighted by atomic mass is 35.5. The summed E-state index contributed by atoms with van der Waals surface area (Å²) in [7, 11) is 1.89. The fraction of sp³-hybridized carbons (Fsp3) is 0.800. The van der Waals surface area contributed by atoms with Crippen molar-refractivity contribution in [3.63, 3.8) is 0 Å². The number of likely N-dealkylation sites (N-methyl/N-ethyl adjacent to an activating group) is 1. The molecule has 120 valence electrons. The largest absolute Gasteiger partial charge is 0.374 e. The molecule has 0 aromatic carbocycles. The average molecular weight is 315 g/mol. The minimum atomic E-state index is 0.261. The Morgan fingerprint density at radius 3 is 2.90 bits per heavy atom. The van der Waals surface area contributed by atoms with Crippen LogP contribution >= 0.6 is 11.6 Å². The van der Waals surface area contributed by atoms with Gasteiger partial charge in [0.05, 0.1) is 18.4 Å². The van der Waals surface area contributed by atoms with E-state index < -0.39 is 0 Å². The zero-order valence-electron chi connectivity index (χ0n) is 13.5. The van der Waals surface area contributed by atoms with Gasteiger partial charge >= 0.3 is 0 Å². The van der Waals surface area contributed by atoms with Crippen molar-refractivity contribution in [1.29, 1.82) is 0 Å². The molecule has 0 bridgehead atoms. The summed E-state index contributed by atoms with van der Waals surface area (Å²) in [5.74, 6) is 0.377. The summed E-state index contributed by atoms with van der Waals surface area (Å²) in [5, 5.41) is 8.71. The first-order valence-corrected chi connectivity index (χ1v) is 8.16. The summed E-state index contributed by atoms with van der Waals surface area (Å²) in [5.41, 5.74) is 2.19. The van der Waals surface area contributed by atoms with E-state index in [0.717, 1.165) is 55.7 Å². The molecular weight excluding hydrogens is 288 g/mol. The Labute approximate surface area is 132 Å². The molecule has 2 heterocycles. The van der Waals surface area contributed by atoms with E-state index in [9.17, 15) is 0 Å². The molecule has 1 fully saturated rings. The summed E-state index contributed by atoms with van der Waals surface area (Å²) in [6, 6.07) is 0. The van der Waals surface area contributed by atoms with Crippen LogP contribution in [-0.4, -0.2) is 53.6 Å². The van der Waals surface area contributed by atoms with Crippen LogP contribution in [0.15, 0.2) is 0 Å². The maximum absolute atomic E-state index is 6.35. The van der Waals surface area contributed by atoms with Gasteiger partial charge in [-0.2, -0.15) is 5.10 Å². The quantitative estimate of drug-likeness (QED) is 0.872. The standard InChI is InChI=1S/C15H27ClN4O/c1-5-20-6-7-21-12(10-20)8-17-9-13-14(11(2)3)18-19(4)15(13)16/h11-12,17H,5-10H2,1-4H3. The van der Waals surface area contributed by atoms with E-state index >= 15 is 0 Å². The van der Waals surface area contributed by atoms with Gasteiger partial charge < -0.3 is 10.1 Å². The second-order valence-corrected chi connectivity index (χ2v) is 6.31. The number of hydrogen-bond donors (Lipinski definition) is 1. The number of halogens is 1. The van der Waals surface area contributed by atoms with E-state index in [4.69, 9.17) is 16.3 Å². The molecule has 1 aromatic rings. The van der Waals surface area contributed by atoms with Crippen LogP contribution in [0, 0.1) is 0 Å². The van der Waals surface area contributed by atoms with E-state index in [0.29, 0.717) is 5.92 Å². The minimum absolute atomic E-state index is 0.261. The molecular formula is C15H27ClN4O. The van der Waals surface area contributed by atoms with Gasteiger partial charge in [-0.05, 0) is 12.5 Å². The number of aromatic nitrogens is 2. The van der Waals surface area contributed by atoms with Crippen molar-refractivity contribution in [3.05, 3.63) is 16.4 Å². The molecule has 2 rings (SSSR count). The highest BCUT2D eigenvalue weighted by Crippen LogP contribution is 2.25. The summed E-state index contributed by atoms with van der Waals surface area (Å²) in [4.78, 5) is 2.42. The molecule has 0 amide bonds. The van der Waals surface area contributed by atoms with Gasteiger partial charge in [-0.25, -0.2) is 0 Å². The highest BCUT2D eigenvalue weighted by molar-refractivity contribution is 6.30. The van der Waals surface area contributed by atoms with E-state index in [1.54, 1.807) is 4.68 Å². The first kappa shape index (κ1) is 16.7. The topological polar surface area (TPSA) is 42.3 Å². The van der Waals surface area contributed by atoms with Gasteiger partial charge in [-0.3, -0.25) is 9.58 Å². The second kappa shape index (κ2) is 7.58. The highest BCUT2D eigenvalue weighted by Gasteiger charge is 2.20. The Bertz CT molecular complexity index is 461. The molecule has 0 aliphatic carbocycles. The van der Waals surface area contributed by atoms with Crippen LogP contribution in [0.4, 0.5) is 0 Å². The lowest BCUT2D eigenvalue weighted by molar-refractivity contribution is -0.0253. The van der Waals surface area contributed by atoms with Gasteiger partial charge in [0.25, 0.3) is 0 Å². The second-order valence-electron chi connectivity index (χ2n) is 5.95. The van der Waals surface area contributed by atoms with Gasteiger partial charge in [-0.15, -0.1) is 0 Å². The fourth-order valence-corrected chi connectivity index (χ4v) is 2.94. The Hall–Kier alpha value is -0.620. The zero-order chi connectivity index (χ0) is 15.4. The molecule has 0 spiro atoms. The van der Waals surface area contributed by atoms with Crippen LogP contribution < -0.4 is 5.32 Å². The molecule has 1 unspecified atom stereocenters. The molecule has 1 aromatic heterocycles. The van der Waals surface area contributed by atoms with E-state index in [1.165, 1.54) is 0 Å². The van der Waals surface area contributed by atoms with Crippen molar-refractivity contribution in [3.8, 4) is 0 Å². The van der Waals surface area contributed by atoms with Crippen LogP contribution in [-0.2, 0) is 18.3 Å². The molecule has 0 radical (unpaired) electrons. The summed E-state index contributed by atoms with van der Waals surface area (Å²) in [6.07, 6.45) is 0.261. The zero-order valence-corrected chi connectivity index (χ0v) is 14.3. The van der Waals surface area contributed by atoms with Gasteiger partial charge in [-0.1, -0.05) is 32.4 Å². The number of rotatable bonds is 6. The van der Waals surface area contributed by atoms with Crippen molar-refractivity contribution in [1.82, 2.24) is 20.0 Å². The molecule has 0 saturated carbocycles. The van der Waals surface area contributed by atoms with Crippen molar-refractivity contribution in [2.24, 2.45) is 7.05 Å². The molecule has 6 heteroatoms. The molecule has 1 atom stereocenters. The average Bonchev–Trinajstić information content (AvgIpc) is 2.76. The molecule has 1 aliphatic heterocycles. The van der Waals surface area contributed by atoms with Gasteiger partial charge in [0, 0.05) is 38.8 Å². The van der Waals surface area contributed by atoms with Crippen molar-refractivity contribution >= 4 is 11.6 Å². The molecule has 5 nitrogen and oxygen atoms in total. The van der Waals surface area contributed by atoms with Crippen molar-refractivity contribution < 1.29 is 4.74 Å². The van der Waals surface area contributed by atoms with E-state index in [1.807, 2.05) is 7.05 Å². The smallest absolute Gasteiger partial charge is 0.131 e. The van der Waals surface area contributed by atoms with Crippen molar-refractivity contribution in [2.45, 2.75) is 39.3 Å². The molecule has 1 aliphatic rings. The first-order valence-electron chi connectivity index (χ1n) is 7.78. The number of ether oxygens (including phenoxy) is 1. The van der Waals surface area contributed by atoms with Crippen LogP contribution in [0.1, 0.15) is 37.9 Å². The van der Waals surface area contributed by atoms with Gasteiger partial charge in [0.2, 0.25) is 0 Å². The summed E-state index contributed by atoms with van der Waals surface area (Å²) >= 11 is 6.35. The summed E-state index contributed by atoms with van der Waals surface area (Å²) < 4.78 is 7.56. The normalized spacial score (nSPS) is 20.4. The Morgan fingerprint density at radius 2 is 2.24 bits per heavy atom. The minimum Gasteiger partial charge on any atom is -0.374 e. The van der Waals surface area contributed by atoms with Crippen molar-refractivity contribution in [2.75, 3.05) is 32.8 Å².